The minimum atomic E-state index is -0.441. The Balaban J connectivity index is 1.68. The minimum absolute atomic E-state index is 0.0332. The number of aromatic nitrogens is 1. The third kappa shape index (κ3) is 6.56. The molecule has 0 atom stereocenters. The lowest BCUT2D eigenvalue weighted by Crippen LogP contribution is -2.20. The van der Waals surface area contributed by atoms with Crippen molar-refractivity contribution in [2.75, 3.05) is 5.32 Å². The molecule has 1 heterocycles. The molecule has 1 amide bonds. The molecule has 0 aliphatic heterocycles. The number of para-hydroxylation sites is 1. The van der Waals surface area contributed by atoms with Crippen LogP contribution in [0.4, 0.5) is 17.1 Å². The van der Waals surface area contributed by atoms with Gasteiger partial charge in [0.05, 0.1) is 21.1 Å². The standard InChI is InChI=1S/C34H30N4O5/c1-34(2,3)27-20-25(16-22-8-4-12-28(18-22)37(40)41)31(26(21-27)17-23-9-5-13-29(19-23)38(42)43)33(39)36-30-14-6-10-24-11-7-15-35-32(24)30/h4-15,18-21H,16-17H2,1-3H3,(H,36,39). The van der Waals surface area contributed by atoms with Crippen LogP contribution in [0.1, 0.15) is 58.9 Å². The number of pyridine rings is 1. The molecule has 0 bridgehead atoms. The molecule has 0 saturated heterocycles. The highest BCUT2D eigenvalue weighted by Gasteiger charge is 2.24. The molecule has 9 nitrogen and oxygen atoms in total. The molecule has 0 unspecified atom stereocenters. The van der Waals surface area contributed by atoms with E-state index in [-0.39, 0.29) is 35.5 Å². The number of nitrogens with zero attached hydrogens (tertiary/aromatic N) is 3. The summed E-state index contributed by atoms with van der Waals surface area (Å²) in [6, 6.07) is 26.0. The average molecular weight is 575 g/mol. The molecule has 0 aliphatic rings. The number of fused-ring (bicyclic) bond motifs is 1. The van der Waals surface area contributed by atoms with E-state index in [1.54, 1.807) is 36.5 Å². The summed E-state index contributed by atoms with van der Waals surface area (Å²) in [6.45, 7) is 6.20. The number of benzene rings is 4. The SMILES string of the molecule is CC(C)(C)c1cc(Cc2cccc([N+](=O)[O-])c2)c(C(=O)Nc2cccc3cccnc23)c(Cc2cccc([N+](=O)[O-])c2)c1. The first kappa shape index (κ1) is 29.1. The molecule has 5 aromatic rings. The van der Waals surface area contributed by atoms with Crippen LogP contribution >= 0.6 is 0 Å². The van der Waals surface area contributed by atoms with Gasteiger partial charge in [0.2, 0.25) is 0 Å². The maximum atomic E-state index is 14.2. The molecule has 0 saturated carbocycles. The highest BCUT2D eigenvalue weighted by atomic mass is 16.6. The van der Waals surface area contributed by atoms with Crippen LogP contribution in [-0.4, -0.2) is 20.7 Å². The van der Waals surface area contributed by atoms with Crippen LogP contribution in [0.15, 0.2) is 97.2 Å². The number of non-ortho nitro benzene ring substituents is 2. The van der Waals surface area contributed by atoms with Crippen LogP contribution in [-0.2, 0) is 18.3 Å². The molecule has 5 rings (SSSR count). The molecule has 0 aliphatic carbocycles. The van der Waals surface area contributed by atoms with Gasteiger partial charge in [-0.1, -0.05) is 75.4 Å². The highest BCUT2D eigenvalue weighted by molar-refractivity contribution is 6.10. The van der Waals surface area contributed by atoms with Crippen LogP contribution in [0.5, 0.6) is 0 Å². The predicted octanol–water partition coefficient (Wildman–Crippen LogP) is 7.78. The van der Waals surface area contributed by atoms with E-state index in [1.165, 1.54) is 24.3 Å². The van der Waals surface area contributed by atoms with Crippen molar-refractivity contribution in [2.24, 2.45) is 0 Å². The van der Waals surface area contributed by atoms with Gasteiger partial charge in [-0.15, -0.1) is 0 Å². The third-order valence-electron chi connectivity index (χ3n) is 7.31. The van der Waals surface area contributed by atoms with Crippen molar-refractivity contribution >= 4 is 33.9 Å². The largest absolute Gasteiger partial charge is 0.320 e. The summed E-state index contributed by atoms with van der Waals surface area (Å²) >= 11 is 0. The number of rotatable bonds is 8. The van der Waals surface area contributed by atoms with Gasteiger partial charge >= 0.3 is 0 Å². The van der Waals surface area contributed by atoms with Gasteiger partial charge in [0.15, 0.2) is 0 Å². The van der Waals surface area contributed by atoms with Gasteiger partial charge < -0.3 is 5.32 Å². The molecular formula is C34H30N4O5. The van der Waals surface area contributed by atoms with Crippen LogP contribution < -0.4 is 5.32 Å². The fraction of sp³-hybridized carbons (Fsp3) is 0.176. The van der Waals surface area contributed by atoms with Crippen LogP contribution in [0.25, 0.3) is 10.9 Å². The Kier molecular flexibility index (Phi) is 7.98. The van der Waals surface area contributed by atoms with Crippen molar-refractivity contribution < 1.29 is 14.6 Å². The molecule has 0 spiro atoms. The number of hydrogen-bond donors (Lipinski definition) is 1. The van der Waals surface area contributed by atoms with Crippen LogP contribution in [0, 0.1) is 20.2 Å². The van der Waals surface area contributed by atoms with E-state index < -0.39 is 9.85 Å². The quantitative estimate of drug-likeness (QED) is 0.149. The Morgan fingerprint density at radius 3 is 1.84 bits per heavy atom. The number of carbonyl (C=O) groups excluding carboxylic acids is 1. The average Bonchev–Trinajstić information content (AvgIpc) is 2.97. The molecular weight excluding hydrogens is 544 g/mol. The molecule has 0 fully saturated rings. The predicted molar refractivity (Wildman–Crippen MR) is 167 cm³/mol. The number of anilines is 1. The van der Waals surface area contributed by atoms with Gasteiger partial charge in [0.25, 0.3) is 17.3 Å². The normalized spacial score (nSPS) is 11.3. The van der Waals surface area contributed by atoms with Crippen molar-refractivity contribution in [3.05, 3.63) is 151 Å². The van der Waals surface area contributed by atoms with E-state index in [1.807, 2.05) is 36.4 Å². The number of nitrogens with one attached hydrogen (secondary N) is 1. The summed E-state index contributed by atoms with van der Waals surface area (Å²) in [7, 11) is 0. The van der Waals surface area contributed by atoms with E-state index in [2.05, 4.69) is 31.1 Å². The summed E-state index contributed by atoms with van der Waals surface area (Å²) < 4.78 is 0. The highest BCUT2D eigenvalue weighted by Crippen LogP contribution is 2.32. The van der Waals surface area contributed by atoms with Crippen molar-refractivity contribution in [3.8, 4) is 0 Å². The minimum Gasteiger partial charge on any atom is -0.320 e. The van der Waals surface area contributed by atoms with Crippen molar-refractivity contribution in [1.29, 1.82) is 0 Å². The lowest BCUT2D eigenvalue weighted by Gasteiger charge is -2.24. The molecule has 216 valence electrons. The first-order chi connectivity index (χ1) is 20.5. The number of amides is 1. The zero-order valence-corrected chi connectivity index (χ0v) is 24.0. The molecule has 1 aromatic heterocycles. The Morgan fingerprint density at radius 2 is 1.30 bits per heavy atom. The third-order valence-corrected chi connectivity index (χ3v) is 7.31. The lowest BCUT2D eigenvalue weighted by molar-refractivity contribution is -0.385. The molecule has 4 aromatic carbocycles. The smallest absolute Gasteiger partial charge is 0.269 e. The number of hydrogen-bond acceptors (Lipinski definition) is 6. The van der Waals surface area contributed by atoms with Crippen molar-refractivity contribution in [2.45, 2.75) is 39.0 Å². The lowest BCUT2D eigenvalue weighted by atomic mass is 9.81. The Bertz CT molecular complexity index is 1790. The van der Waals surface area contributed by atoms with E-state index in [9.17, 15) is 25.0 Å². The summed E-state index contributed by atoms with van der Waals surface area (Å²) in [5, 5.41) is 26.9. The van der Waals surface area contributed by atoms with Crippen molar-refractivity contribution in [1.82, 2.24) is 4.98 Å². The number of carbonyl (C=O) groups is 1. The number of nitro groups is 2. The van der Waals surface area contributed by atoms with E-state index in [0.717, 1.165) is 10.9 Å². The second-order valence-corrected chi connectivity index (χ2v) is 11.5. The fourth-order valence-electron chi connectivity index (χ4n) is 5.16. The Hall–Kier alpha value is -5.44. The monoisotopic (exact) mass is 574 g/mol. The number of nitro benzene ring substituents is 2. The molecule has 43 heavy (non-hydrogen) atoms. The zero-order chi connectivity index (χ0) is 30.7. The summed E-state index contributed by atoms with van der Waals surface area (Å²) in [5.41, 5.74) is 4.97. The summed E-state index contributed by atoms with van der Waals surface area (Å²) in [6.07, 6.45) is 2.20. The molecule has 9 heteroatoms. The summed E-state index contributed by atoms with van der Waals surface area (Å²) in [5.74, 6) is -0.362. The maximum Gasteiger partial charge on any atom is 0.269 e. The van der Waals surface area contributed by atoms with Gasteiger partial charge in [-0.3, -0.25) is 30.0 Å². The van der Waals surface area contributed by atoms with Crippen LogP contribution in [0.3, 0.4) is 0 Å². The maximum absolute atomic E-state index is 14.2. The van der Waals surface area contributed by atoms with Crippen LogP contribution in [0.2, 0.25) is 0 Å². The first-order valence-electron chi connectivity index (χ1n) is 13.8. The van der Waals surface area contributed by atoms with Gasteiger partial charge in [0, 0.05) is 41.4 Å². The van der Waals surface area contributed by atoms with Crippen molar-refractivity contribution in [3.63, 3.8) is 0 Å². The second kappa shape index (κ2) is 11.8. The topological polar surface area (TPSA) is 128 Å². The van der Waals surface area contributed by atoms with E-state index >= 15 is 0 Å². The zero-order valence-electron chi connectivity index (χ0n) is 24.0. The fourth-order valence-corrected chi connectivity index (χ4v) is 5.16. The summed E-state index contributed by atoms with van der Waals surface area (Å²) in [4.78, 5) is 40.8. The van der Waals surface area contributed by atoms with Gasteiger partial charge in [-0.05, 0) is 58.2 Å². The second-order valence-electron chi connectivity index (χ2n) is 11.5. The Labute approximate surface area is 248 Å². The van der Waals surface area contributed by atoms with Gasteiger partial charge in [0.1, 0.15) is 0 Å². The molecule has 1 N–H and O–H groups in total. The van der Waals surface area contributed by atoms with E-state index in [0.29, 0.717) is 39.0 Å². The van der Waals surface area contributed by atoms with Gasteiger partial charge in [-0.2, -0.15) is 0 Å². The van der Waals surface area contributed by atoms with Gasteiger partial charge in [-0.25, -0.2) is 0 Å². The Morgan fingerprint density at radius 1 is 0.767 bits per heavy atom. The molecule has 0 radical (unpaired) electrons. The van der Waals surface area contributed by atoms with E-state index in [4.69, 9.17) is 0 Å². The first-order valence-corrected chi connectivity index (χ1v) is 13.8.